The molecule has 0 spiro atoms. The maximum absolute atomic E-state index is 12.2. The lowest BCUT2D eigenvalue weighted by atomic mass is 10.1. The molecule has 0 atom stereocenters. The molecule has 3 aromatic rings. The number of carbonyl (C=O) groups excluding carboxylic acids is 1. The zero-order valence-electron chi connectivity index (χ0n) is 17.3. The third-order valence-corrected chi connectivity index (χ3v) is 5.52. The minimum Gasteiger partial charge on any atom is -0.455 e. The lowest BCUT2D eigenvalue weighted by Crippen LogP contribution is -2.39. The van der Waals surface area contributed by atoms with Gasteiger partial charge in [-0.25, -0.2) is 13.8 Å². The highest BCUT2D eigenvalue weighted by Crippen LogP contribution is 2.24. The number of nitrogens with one attached hydrogen (secondary N) is 1. The first-order chi connectivity index (χ1) is 15.1. The van der Waals surface area contributed by atoms with E-state index >= 15 is 0 Å². The van der Waals surface area contributed by atoms with Crippen LogP contribution in [0.15, 0.2) is 70.2 Å². The number of rotatable bonds is 8. The van der Waals surface area contributed by atoms with Gasteiger partial charge in [0.15, 0.2) is 0 Å². The summed E-state index contributed by atoms with van der Waals surface area (Å²) in [7, 11) is -3.68. The van der Waals surface area contributed by atoms with E-state index in [1.54, 1.807) is 48.5 Å². The molecule has 1 heterocycles. The number of hydrogen-bond acceptors (Lipinski definition) is 7. The van der Waals surface area contributed by atoms with E-state index in [9.17, 15) is 23.3 Å². The fraction of sp³-hybridized carbons (Fsp3) is 0.143. The molecular formula is C21H20N4O6S. The van der Waals surface area contributed by atoms with Gasteiger partial charge in [-0.15, -0.1) is 0 Å². The Balaban J connectivity index is 1.63. The minimum absolute atomic E-state index is 0.0291. The quantitative estimate of drug-likeness (QED) is 0.314. The van der Waals surface area contributed by atoms with Gasteiger partial charge in [-0.3, -0.25) is 19.2 Å². The van der Waals surface area contributed by atoms with Crippen molar-refractivity contribution >= 4 is 33.5 Å². The molecule has 1 N–H and O–H groups in total. The molecule has 0 aliphatic carbocycles. The lowest BCUT2D eigenvalue weighted by molar-refractivity contribution is -0.384. The first-order valence-electron chi connectivity index (χ1n) is 9.34. The Morgan fingerprint density at radius 3 is 2.38 bits per heavy atom. The van der Waals surface area contributed by atoms with Gasteiger partial charge >= 0.3 is 0 Å². The first-order valence-corrected chi connectivity index (χ1v) is 11.2. The van der Waals surface area contributed by atoms with Gasteiger partial charge in [0.25, 0.3) is 11.6 Å². The van der Waals surface area contributed by atoms with Gasteiger partial charge in [0.2, 0.25) is 10.0 Å². The molecule has 0 bridgehead atoms. The van der Waals surface area contributed by atoms with E-state index in [1.807, 2.05) is 6.92 Å². The number of hydrazone groups is 1. The summed E-state index contributed by atoms with van der Waals surface area (Å²) in [4.78, 5) is 22.5. The van der Waals surface area contributed by atoms with Gasteiger partial charge in [-0.2, -0.15) is 5.10 Å². The Kier molecular flexibility index (Phi) is 6.69. The monoisotopic (exact) mass is 456 g/mol. The predicted molar refractivity (Wildman–Crippen MR) is 120 cm³/mol. The number of non-ortho nitro benzene ring substituents is 1. The smallest absolute Gasteiger partial charge is 0.269 e. The molecule has 1 aromatic heterocycles. The summed E-state index contributed by atoms with van der Waals surface area (Å²) >= 11 is 0. The third kappa shape index (κ3) is 5.79. The minimum atomic E-state index is -3.68. The molecule has 11 heteroatoms. The molecule has 10 nitrogen and oxygen atoms in total. The second-order valence-corrected chi connectivity index (χ2v) is 8.81. The van der Waals surface area contributed by atoms with Gasteiger partial charge in [-0.05, 0) is 43.3 Å². The fourth-order valence-electron chi connectivity index (χ4n) is 2.77. The van der Waals surface area contributed by atoms with E-state index in [-0.39, 0.29) is 5.69 Å². The number of sulfonamides is 1. The van der Waals surface area contributed by atoms with Crippen LogP contribution >= 0.6 is 0 Å². The van der Waals surface area contributed by atoms with Crippen LogP contribution < -0.4 is 9.73 Å². The van der Waals surface area contributed by atoms with E-state index in [0.717, 1.165) is 16.1 Å². The highest BCUT2D eigenvalue weighted by atomic mass is 32.2. The van der Waals surface area contributed by atoms with Crippen molar-refractivity contribution in [2.24, 2.45) is 5.10 Å². The van der Waals surface area contributed by atoms with E-state index in [0.29, 0.717) is 22.8 Å². The van der Waals surface area contributed by atoms with Crippen LogP contribution in [-0.2, 0) is 14.8 Å². The molecule has 0 aliphatic heterocycles. The van der Waals surface area contributed by atoms with Gasteiger partial charge < -0.3 is 4.42 Å². The summed E-state index contributed by atoms with van der Waals surface area (Å²) in [5, 5.41) is 14.5. The van der Waals surface area contributed by atoms with Crippen molar-refractivity contribution in [2.75, 3.05) is 17.1 Å². The maximum atomic E-state index is 12.2. The van der Waals surface area contributed by atoms with E-state index in [1.165, 1.54) is 18.3 Å². The van der Waals surface area contributed by atoms with Crippen LogP contribution in [0.25, 0.3) is 11.3 Å². The molecule has 0 saturated carbocycles. The molecule has 0 radical (unpaired) electrons. The van der Waals surface area contributed by atoms with Crippen LogP contribution in [0.4, 0.5) is 11.4 Å². The van der Waals surface area contributed by atoms with Gasteiger partial charge in [-0.1, -0.05) is 17.7 Å². The van der Waals surface area contributed by atoms with Crippen LogP contribution in [0, 0.1) is 17.0 Å². The lowest BCUT2D eigenvalue weighted by Gasteiger charge is -2.21. The summed E-state index contributed by atoms with van der Waals surface area (Å²) in [6, 6.07) is 15.9. The molecule has 32 heavy (non-hydrogen) atoms. The highest BCUT2D eigenvalue weighted by molar-refractivity contribution is 7.92. The number of furan rings is 1. The van der Waals surface area contributed by atoms with Crippen LogP contribution in [-0.4, -0.2) is 38.3 Å². The number of aryl methyl sites for hydroxylation is 1. The van der Waals surface area contributed by atoms with Crippen LogP contribution in [0.1, 0.15) is 11.3 Å². The van der Waals surface area contributed by atoms with Crippen molar-refractivity contribution in [1.29, 1.82) is 0 Å². The van der Waals surface area contributed by atoms with Crippen molar-refractivity contribution in [1.82, 2.24) is 5.43 Å². The van der Waals surface area contributed by atoms with Gasteiger partial charge in [0.1, 0.15) is 18.1 Å². The molecule has 0 unspecified atom stereocenters. The number of nitro benzene ring substituents is 1. The summed E-state index contributed by atoms with van der Waals surface area (Å²) in [6.45, 7) is 1.43. The van der Waals surface area contributed by atoms with Crippen LogP contribution in [0.5, 0.6) is 0 Å². The molecule has 0 saturated heterocycles. The number of hydrogen-bond donors (Lipinski definition) is 1. The number of anilines is 1. The Hall–Kier alpha value is -3.99. The maximum Gasteiger partial charge on any atom is 0.269 e. The Morgan fingerprint density at radius 2 is 1.78 bits per heavy atom. The molecular weight excluding hydrogens is 436 g/mol. The van der Waals surface area contributed by atoms with Crippen molar-refractivity contribution < 1.29 is 22.6 Å². The number of nitro groups is 1. The topological polar surface area (TPSA) is 135 Å². The Bertz CT molecular complexity index is 1250. The van der Waals surface area contributed by atoms with E-state index in [2.05, 4.69) is 10.5 Å². The first kappa shape index (κ1) is 22.7. The second kappa shape index (κ2) is 9.43. The molecule has 166 valence electrons. The summed E-state index contributed by atoms with van der Waals surface area (Å²) in [6.07, 6.45) is 2.29. The molecule has 0 fully saturated rings. The zero-order chi connectivity index (χ0) is 23.3. The SMILES string of the molecule is Cc1ccc(N(CC(=O)N/N=C\c2ccc(-c3ccc([N+](=O)[O-])cc3)o2)S(C)(=O)=O)cc1. The number of carbonyl (C=O) groups is 1. The van der Waals surface area contributed by atoms with E-state index in [4.69, 9.17) is 4.42 Å². The van der Waals surface area contributed by atoms with Crippen LogP contribution in [0.2, 0.25) is 0 Å². The third-order valence-electron chi connectivity index (χ3n) is 4.38. The fourth-order valence-corrected chi connectivity index (χ4v) is 3.63. The second-order valence-electron chi connectivity index (χ2n) is 6.90. The largest absolute Gasteiger partial charge is 0.455 e. The number of benzene rings is 2. The number of amides is 1. The normalized spacial score (nSPS) is 11.4. The summed E-state index contributed by atoms with van der Waals surface area (Å²) in [5.41, 5.74) is 4.22. The van der Waals surface area contributed by atoms with Gasteiger partial charge in [0, 0.05) is 17.7 Å². The standard InChI is InChI=1S/C21H20N4O6S/c1-15-3-7-17(8-4-15)24(32(2,29)30)14-21(26)23-22-13-19-11-12-20(31-19)16-5-9-18(10-6-16)25(27)28/h3-13H,14H2,1-2H3,(H,23,26)/b22-13-. The van der Waals surface area contributed by atoms with E-state index < -0.39 is 27.4 Å². The van der Waals surface area contributed by atoms with Crippen molar-refractivity contribution in [3.05, 3.63) is 82.1 Å². The predicted octanol–water partition coefficient (Wildman–Crippen LogP) is 3.08. The van der Waals surface area contributed by atoms with Crippen LogP contribution in [0.3, 0.4) is 0 Å². The highest BCUT2D eigenvalue weighted by Gasteiger charge is 2.20. The van der Waals surface area contributed by atoms with Crippen molar-refractivity contribution in [3.63, 3.8) is 0 Å². The van der Waals surface area contributed by atoms with Crippen molar-refractivity contribution in [2.45, 2.75) is 6.92 Å². The Morgan fingerprint density at radius 1 is 1.12 bits per heavy atom. The average Bonchev–Trinajstić information content (AvgIpc) is 3.21. The number of nitrogens with zero attached hydrogens (tertiary/aromatic N) is 3. The molecule has 0 aliphatic rings. The van der Waals surface area contributed by atoms with Gasteiger partial charge in [0.05, 0.1) is 23.1 Å². The molecule has 3 rings (SSSR count). The van der Waals surface area contributed by atoms with Crippen molar-refractivity contribution in [3.8, 4) is 11.3 Å². The zero-order valence-corrected chi connectivity index (χ0v) is 18.1. The summed E-state index contributed by atoms with van der Waals surface area (Å²) < 4.78 is 30.8. The summed E-state index contributed by atoms with van der Waals surface area (Å²) in [5.74, 6) is 0.168. The molecule has 1 amide bonds. The Labute approximate surface area is 184 Å². The molecule has 2 aromatic carbocycles. The average molecular weight is 456 g/mol.